The van der Waals surface area contributed by atoms with E-state index in [-0.39, 0.29) is 5.92 Å². The van der Waals surface area contributed by atoms with Gasteiger partial charge >= 0.3 is 0 Å². The topological polar surface area (TPSA) is 55.9 Å². The van der Waals surface area contributed by atoms with E-state index in [9.17, 15) is 0 Å². The van der Waals surface area contributed by atoms with Crippen molar-refractivity contribution in [3.63, 3.8) is 0 Å². The molecule has 72 heavy (non-hydrogen) atoms. The first-order valence-electron chi connectivity index (χ1n) is 24.8. The maximum absolute atomic E-state index is 7.00. The first kappa shape index (κ1) is 41.9. The summed E-state index contributed by atoms with van der Waals surface area (Å²) < 4.78 is 16.1. The van der Waals surface area contributed by atoms with Crippen LogP contribution >= 0.6 is 0 Å². The Hall–Kier alpha value is -9.06. The van der Waals surface area contributed by atoms with Crippen LogP contribution in [0.15, 0.2) is 249 Å². The molecule has 10 aromatic carbocycles. The lowest BCUT2D eigenvalue weighted by Gasteiger charge is -2.16. The Labute approximate surface area is 416 Å². The van der Waals surface area contributed by atoms with Crippen LogP contribution < -0.4 is 0 Å². The first-order valence-corrected chi connectivity index (χ1v) is 24.8. The van der Waals surface area contributed by atoms with Gasteiger partial charge in [-0.1, -0.05) is 189 Å². The Morgan fingerprint density at radius 3 is 1.81 bits per heavy atom. The van der Waals surface area contributed by atoms with Crippen LogP contribution in [0.3, 0.4) is 0 Å². The molecule has 1 fully saturated rings. The summed E-state index contributed by atoms with van der Waals surface area (Å²) >= 11 is 0. The third kappa shape index (κ3) is 6.84. The van der Waals surface area contributed by atoms with E-state index in [2.05, 4.69) is 237 Å². The van der Waals surface area contributed by atoms with Crippen LogP contribution in [0.1, 0.15) is 37.0 Å². The van der Waals surface area contributed by atoms with Gasteiger partial charge in [0.2, 0.25) is 0 Å². The molecule has 5 heteroatoms. The summed E-state index contributed by atoms with van der Waals surface area (Å²) in [5.74, 6) is 0.983. The highest BCUT2D eigenvalue weighted by atomic mass is 16.3. The third-order valence-electron chi connectivity index (χ3n) is 15.1. The number of para-hydroxylation sites is 3. The van der Waals surface area contributed by atoms with E-state index in [1.165, 1.54) is 27.5 Å². The smallest absolute Gasteiger partial charge is 0.155 e. The molecule has 0 aliphatic heterocycles. The lowest BCUT2D eigenvalue weighted by atomic mass is 9.97. The zero-order valence-corrected chi connectivity index (χ0v) is 39.9. The van der Waals surface area contributed by atoms with Crippen molar-refractivity contribution >= 4 is 77.2 Å². The lowest BCUT2D eigenvalue weighted by molar-refractivity contribution is 0.623. The minimum Gasteiger partial charge on any atom is -0.456 e. The van der Waals surface area contributed by atoms with Gasteiger partial charge in [0, 0.05) is 54.7 Å². The molecule has 5 nitrogen and oxygen atoms in total. The Balaban J connectivity index is 0.938. The van der Waals surface area contributed by atoms with Crippen molar-refractivity contribution in [2.24, 2.45) is 15.9 Å². The Bertz CT molecular complexity index is 4310. The number of hydrogen-bond donors (Lipinski definition) is 0. The minimum absolute atomic E-state index is 0.269. The molecule has 13 aromatic rings. The average Bonchev–Trinajstić information content (AvgIpc) is 3.68. The fourth-order valence-electron chi connectivity index (χ4n) is 11.2. The molecule has 0 amide bonds. The van der Waals surface area contributed by atoms with Gasteiger partial charge in [-0.3, -0.25) is 4.99 Å². The quantitative estimate of drug-likeness (QED) is 0.113. The number of benzene rings is 10. The Kier molecular flexibility index (Phi) is 9.62. The molecule has 0 saturated heterocycles. The van der Waals surface area contributed by atoms with E-state index in [0.29, 0.717) is 5.84 Å². The molecule has 0 bridgehead atoms. The highest BCUT2D eigenvalue weighted by Gasteiger charge is 2.54. The maximum Gasteiger partial charge on any atom is 0.155 e. The number of aromatic nitrogens is 1. The molecule has 1 saturated carbocycles. The van der Waals surface area contributed by atoms with Crippen LogP contribution in [0.2, 0.25) is 0 Å². The maximum atomic E-state index is 7.00. The van der Waals surface area contributed by atoms with Crippen molar-refractivity contribution in [1.82, 2.24) is 4.57 Å². The summed E-state index contributed by atoms with van der Waals surface area (Å²) in [6, 6.07) is 81.9. The van der Waals surface area contributed by atoms with Gasteiger partial charge in [0.1, 0.15) is 22.3 Å². The zero-order chi connectivity index (χ0) is 47.9. The average molecular weight is 926 g/mol. The second kappa shape index (κ2) is 16.5. The predicted octanol–water partition coefficient (Wildman–Crippen LogP) is 17.8. The van der Waals surface area contributed by atoms with Crippen LogP contribution in [0.5, 0.6) is 0 Å². The van der Waals surface area contributed by atoms with Crippen LogP contribution in [0.4, 0.5) is 0 Å². The van der Waals surface area contributed by atoms with Crippen molar-refractivity contribution in [2.75, 3.05) is 0 Å². The van der Waals surface area contributed by atoms with Gasteiger partial charge in [-0.15, -0.1) is 0 Å². The first-order chi connectivity index (χ1) is 35.5. The molecule has 1 aliphatic carbocycles. The number of nitrogens with zero attached hydrogens (tertiary/aromatic N) is 3. The summed E-state index contributed by atoms with van der Waals surface area (Å²) in [6.07, 6.45) is 0.881. The molecule has 0 spiro atoms. The van der Waals surface area contributed by atoms with Gasteiger partial charge in [-0.2, -0.15) is 0 Å². The summed E-state index contributed by atoms with van der Waals surface area (Å²) in [4.78, 5) is 11.0. The van der Waals surface area contributed by atoms with E-state index in [0.717, 1.165) is 106 Å². The standard InChI is InChI=1S/C67H47N3O2/c1-42-41-67(42,69-66(68-43(2)44-17-6-3-7-18-44)48-31-29-47(30-32-48)45-19-8-4-9-20-45)58-26-16-25-53-56-38-50(34-36-63(56)72-65(53)58)54-40-64-57(52-24-13-15-28-62(52)71-64)39-61(54)70-59-27-14-12-23-51(59)55-37-49(33-35-60(55)70)46-21-10-5-11-22-46/h3-40,42H,41H2,1-2H3. The van der Waals surface area contributed by atoms with Crippen LogP contribution in [0.25, 0.3) is 105 Å². The molecule has 2 atom stereocenters. The predicted molar refractivity (Wildman–Crippen MR) is 299 cm³/mol. The van der Waals surface area contributed by atoms with Gasteiger partial charge in [0.05, 0.1) is 22.3 Å². The van der Waals surface area contributed by atoms with E-state index < -0.39 is 5.54 Å². The fourth-order valence-corrected chi connectivity index (χ4v) is 11.2. The molecule has 0 N–H and O–H groups in total. The van der Waals surface area contributed by atoms with E-state index in [1.807, 2.05) is 12.1 Å². The molecule has 0 radical (unpaired) electrons. The molecule has 14 rings (SSSR count). The van der Waals surface area contributed by atoms with Crippen molar-refractivity contribution in [3.05, 3.63) is 247 Å². The van der Waals surface area contributed by atoms with Crippen molar-refractivity contribution < 1.29 is 8.83 Å². The number of hydrogen-bond acceptors (Lipinski definition) is 3. The number of aliphatic imine (C=N–C) groups is 2. The second-order valence-corrected chi connectivity index (χ2v) is 19.4. The van der Waals surface area contributed by atoms with Crippen molar-refractivity contribution in [2.45, 2.75) is 25.8 Å². The number of rotatable bonds is 8. The molecule has 2 unspecified atom stereocenters. The largest absolute Gasteiger partial charge is 0.456 e. The number of amidine groups is 1. The van der Waals surface area contributed by atoms with Gasteiger partial charge in [-0.25, -0.2) is 4.99 Å². The molecule has 342 valence electrons. The zero-order valence-electron chi connectivity index (χ0n) is 39.9. The number of furan rings is 2. The van der Waals surface area contributed by atoms with Crippen LogP contribution in [-0.4, -0.2) is 16.1 Å². The highest BCUT2D eigenvalue weighted by molar-refractivity contribution is 6.15. The molecular formula is C67H47N3O2. The van der Waals surface area contributed by atoms with Gasteiger partial charge < -0.3 is 13.4 Å². The van der Waals surface area contributed by atoms with Gasteiger partial charge in [-0.05, 0) is 101 Å². The molecule has 3 aromatic heterocycles. The van der Waals surface area contributed by atoms with E-state index in [1.54, 1.807) is 0 Å². The third-order valence-corrected chi connectivity index (χ3v) is 15.1. The van der Waals surface area contributed by atoms with Crippen LogP contribution in [0, 0.1) is 5.92 Å². The van der Waals surface area contributed by atoms with E-state index in [4.69, 9.17) is 18.8 Å². The molecule has 1 aliphatic rings. The minimum atomic E-state index is -0.527. The van der Waals surface area contributed by atoms with Crippen LogP contribution in [-0.2, 0) is 5.54 Å². The summed E-state index contributed by atoms with van der Waals surface area (Å²) in [7, 11) is 0. The van der Waals surface area contributed by atoms with Crippen molar-refractivity contribution in [1.29, 1.82) is 0 Å². The normalized spacial score (nSPS) is 16.2. The molecule has 3 heterocycles. The summed E-state index contributed by atoms with van der Waals surface area (Å²) in [5, 5.41) is 6.70. The summed E-state index contributed by atoms with van der Waals surface area (Å²) in [5.41, 5.74) is 17.1. The molecular weight excluding hydrogens is 879 g/mol. The number of fused-ring (bicyclic) bond motifs is 9. The Morgan fingerprint density at radius 2 is 1.04 bits per heavy atom. The van der Waals surface area contributed by atoms with Crippen molar-refractivity contribution in [3.8, 4) is 39.1 Å². The Morgan fingerprint density at radius 1 is 0.458 bits per heavy atom. The highest BCUT2D eigenvalue weighted by Crippen LogP contribution is 2.58. The fraction of sp³-hybridized carbons (Fsp3) is 0.0746. The second-order valence-electron chi connectivity index (χ2n) is 19.4. The van der Waals surface area contributed by atoms with Gasteiger partial charge in [0.25, 0.3) is 0 Å². The lowest BCUT2D eigenvalue weighted by Crippen LogP contribution is -2.13. The summed E-state index contributed by atoms with van der Waals surface area (Å²) in [6.45, 7) is 4.37. The van der Waals surface area contributed by atoms with E-state index >= 15 is 0 Å². The monoisotopic (exact) mass is 925 g/mol. The van der Waals surface area contributed by atoms with Gasteiger partial charge in [0.15, 0.2) is 5.84 Å². The SMILES string of the molecule is CC(=NC(=NC1(c2cccc3c2oc2ccc(-c4cc5oc6ccccc6c5cc4-n4c5ccccc5c5cc(-c6ccccc6)ccc54)cc23)CC1C)c1ccc(-c2ccccc2)cc1)c1ccccc1.